The normalized spacial score (nSPS) is 17.4. The van der Waals surface area contributed by atoms with E-state index in [1.165, 1.54) is 11.8 Å². The van der Waals surface area contributed by atoms with Gasteiger partial charge in [0.25, 0.3) is 0 Å². The van der Waals surface area contributed by atoms with E-state index in [4.69, 9.17) is 0 Å². The van der Waals surface area contributed by atoms with Crippen LogP contribution in [-0.4, -0.2) is 23.2 Å². The second kappa shape index (κ2) is 5.32. The van der Waals surface area contributed by atoms with Gasteiger partial charge in [-0.3, -0.25) is 4.98 Å². The third-order valence-corrected chi connectivity index (χ3v) is 2.56. The van der Waals surface area contributed by atoms with Crippen molar-refractivity contribution in [3.63, 3.8) is 0 Å². The zero-order valence-corrected chi connectivity index (χ0v) is 9.65. The summed E-state index contributed by atoms with van der Waals surface area (Å²) in [7, 11) is 0. The molecule has 3 nitrogen and oxygen atoms in total. The summed E-state index contributed by atoms with van der Waals surface area (Å²) in [6, 6.07) is 1.82. The van der Waals surface area contributed by atoms with Crippen LogP contribution in [-0.2, 0) is 0 Å². The highest BCUT2D eigenvalue weighted by atomic mass is 79.9. The molecule has 2 rings (SSSR count). The van der Waals surface area contributed by atoms with Gasteiger partial charge in [-0.15, -0.1) is 17.0 Å². The van der Waals surface area contributed by atoms with Crippen LogP contribution in [0.25, 0.3) is 0 Å². The summed E-state index contributed by atoms with van der Waals surface area (Å²) in [5.41, 5.74) is 1.17. The number of hydrogen-bond acceptors (Lipinski definition) is 3. The maximum absolute atomic E-state index is 9.27. The predicted octanol–water partition coefficient (Wildman–Crippen LogP) is 1.83. The van der Waals surface area contributed by atoms with E-state index in [2.05, 4.69) is 10.3 Å². The zero-order valence-electron chi connectivity index (χ0n) is 7.94. The second-order valence-electron chi connectivity index (χ2n) is 3.50. The van der Waals surface area contributed by atoms with Gasteiger partial charge >= 0.3 is 0 Å². The van der Waals surface area contributed by atoms with Crippen molar-refractivity contribution in [1.29, 1.82) is 0 Å². The van der Waals surface area contributed by atoms with E-state index in [-0.39, 0.29) is 22.7 Å². The van der Waals surface area contributed by atoms with Crippen molar-refractivity contribution in [3.05, 3.63) is 24.0 Å². The van der Waals surface area contributed by atoms with Crippen LogP contribution in [0.5, 0.6) is 5.75 Å². The molecule has 1 saturated heterocycles. The molecule has 4 heteroatoms. The molecule has 14 heavy (non-hydrogen) atoms. The second-order valence-corrected chi connectivity index (χ2v) is 3.50. The van der Waals surface area contributed by atoms with E-state index < -0.39 is 0 Å². The molecule has 1 aliphatic rings. The Bertz CT molecular complexity index is 287. The van der Waals surface area contributed by atoms with Gasteiger partial charge in [0.15, 0.2) is 0 Å². The minimum absolute atomic E-state index is 0. The molecule has 0 spiro atoms. The number of halogens is 1. The first-order valence-corrected chi connectivity index (χ1v) is 4.71. The molecule has 0 radical (unpaired) electrons. The van der Waals surface area contributed by atoms with Crippen molar-refractivity contribution < 1.29 is 5.11 Å². The van der Waals surface area contributed by atoms with E-state index in [0.717, 1.165) is 25.9 Å². The summed E-state index contributed by atoms with van der Waals surface area (Å²) >= 11 is 0. The molecule has 2 N–H and O–H groups in total. The van der Waals surface area contributed by atoms with Gasteiger partial charge in [0.05, 0.1) is 6.20 Å². The quantitative estimate of drug-likeness (QED) is 0.808. The van der Waals surface area contributed by atoms with Crippen molar-refractivity contribution in [3.8, 4) is 5.75 Å². The van der Waals surface area contributed by atoms with Crippen LogP contribution in [0.3, 0.4) is 0 Å². The number of rotatable bonds is 1. The van der Waals surface area contributed by atoms with Gasteiger partial charge in [0.2, 0.25) is 0 Å². The van der Waals surface area contributed by atoms with E-state index in [1.807, 2.05) is 12.3 Å². The summed E-state index contributed by atoms with van der Waals surface area (Å²) in [5, 5.41) is 12.6. The Morgan fingerprint density at radius 1 is 1.29 bits per heavy atom. The fraction of sp³-hybridized carbons (Fsp3) is 0.500. The topological polar surface area (TPSA) is 45.2 Å². The summed E-state index contributed by atoms with van der Waals surface area (Å²) in [4.78, 5) is 3.99. The van der Waals surface area contributed by atoms with Crippen LogP contribution in [0.4, 0.5) is 0 Å². The highest BCUT2D eigenvalue weighted by Crippen LogP contribution is 2.26. The molecule has 0 aromatic carbocycles. The number of piperidine rings is 1. The van der Waals surface area contributed by atoms with Gasteiger partial charge in [-0.2, -0.15) is 0 Å². The monoisotopic (exact) mass is 258 g/mol. The SMILES string of the molecule is Br.Oc1cncc(C2CCNCC2)c1. The number of aromatic hydroxyl groups is 1. The molecule has 1 fully saturated rings. The zero-order chi connectivity index (χ0) is 9.10. The third kappa shape index (κ3) is 2.69. The van der Waals surface area contributed by atoms with Crippen molar-refractivity contribution >= 4 is 17.0 Å². The molecule has 0 bridgehead atoms. The molecule has 0 saturated carbocycles. The lowest BCUT2D eigenvalue weighted by Gasteiger charge is -2.22. The van der Waals surface area contributed by atoms with Crippen LogP contribution < -0.4 is 5.32 Å². The Labute approximate surface area is 94.3 Å². The van der Waals surface area contributed by atoms with E-state index in [0.29, 0.717) is 5.92 Å². The lowest BCUT2D eigenvalue weighted by atomic mass is 9.91. The Morgan fingerprint density at radius 3 is 2.64 bits per heavy atom. The molecule has 0 aliphatic carbocycles. The fourth-order valence-electron chi connectivity index (χ4n) is 1.82. The fourth-order valence-corrected chi connectivity index (χ4v) is 1.82. The van der Waals surface area contributed by atoms with Gasteiger partial charge in [-0.25, -0.2) is 0 Å². The van der Waals surface area contributed by atoms with E-state index in [9.17, 15) is 5.11 Å². The Morgan fingerprint density at radius 2 is 2.00 bits per heavy atom. The average Bonchev–Trinajstić information content (AvgIpc) is 2.19. The number of nitrogens with zero attached hydrogens (tertiary/aromatic N) is 1. The minimum Gasteiger partial charge on any atom is -0.506 e. The number of nitrogens with one attached hydrogen (secondary N) is 1. The van der Waals surface area contributed by atoms with Gasteiger partial charge in [-0.1, -0.05) is 0 Å². The lowest BCUT2D eigenvalue weighted by Crippen LogP contribution is -2.26. The molecule has 0 amide bonds. The molecule has 1 aromatic rings. The summed E-state index contributed by atoms with van der Waals surface area (Å²) in [5.74, 6) is 0.844. The molecule has 0 unspecified atom stereocenters. The van der Waals surface area contributed by atoms with Crippen molar-refractivity contribution in [1.82, 2.24) is 10.3 Å². The molecule has 1 aromatic heterocycles. The maximum atomic E-state index is 9.27. The van der Waals surface area contributed by atoms with Crippen LogP contribution in [0.2, 0.25) is 0 Å². The van der Waals surface area contributed by atoms with Crippen molar-refractivity contribution in [2.75, 3.05) is 13.1 Å². The summed E-state index contributed by atoms with van der Waals surface area (Å²) in [6.07, 6.45) is 5.62. The standard InChI is InChI=1S/C10H14N2O.BrH/c13-10-5-9(6-12-7-10)8-1-3-11-4-2-8;/h5-8,11,13H,1-4H2;1H. The van der Waals surface area contributed by atoms with Crippen molar-refractivity contribution in [2.24, 2.45) is 0 Å². The van der Waals surface area contributed by atoms with Crippen molar-refractivity contribution in [2.45, 2.75) is 18.8 Å². The average molecular weight is 259 g/mol. The molecule has 78 valence electrons. The highest BCUT2D eigenvalue weighted by Gasteiger charge is 2.15. The largest absolute Gasteiger partial charge is 0.506 e. The molecular weight excluding hydrogens is 244 g/mol. The molecule has 2 heterocycles. The Balaban J connectivity index is 0.000000980. The van der Waals surface area contributed by atoms with E-state index in [1.54, 1.807) is 0 Å². The van der Waals surface area contributed by atoms with Gasteiger partial charge in [0.1, 0.15) is 5.75 Å². The first-order valence-electron chi connectivity index (χ1n) is 4.71. The first kappa shape index (κ1) is 11.5. The van der Waals surface area contributed by atoms with Crippen LogP contribution in [0, 0.1) is 0 Å². The van der Waals surface area contributed by atoms with E-state index >= 15 is 0 Å². The van der Waals surface area contributed by atoms with Crippen LogP contribution in [0.15, 0.2) is 18.5 Å². The number of hydrogen-bond donors (Lipinski definition) is 2. The predicted molar refractivity (Wildman–Crippen MR) is 61.1 cm³/mol. The lowest BCUT2D eigenvalue weighted by molar-refractivity contribution is 0.449. The third-order valence-electron chi connectivity index (χ3n) is 2.56. The summed E-state index contributed by atoms with van der Waals surface area (Å²) in [6.45, 7) is 2.14. The maximum Gasteiger partial charge on any atom is 0.134 e. The first-order chi connectivity index (χ1) is 6.36. The smallest absolute Gasteiger partial charge is 0.134 e. The minimum atomic E-state index is 0. The molecule has 1 aliphatic heterocycles. The number of pyridine rings is 1. The van der Waals surface area contributed by atoms with Gasteiger partial charge in [-0.05, 0) is 43.5 Å². The highest BCUT2D eigenvalue weighted by molar-refractivity contribution is 8.93. The Kier molecular flexibility index (Phi) is 4.35. The number of aromatic nitrogens is 1. The molecule has 0 atom stereocenters. The van der Waals surface area contributed by atoms with Crippen LogP contribution >= 0.6 is 17.0 Å². The van der Waals surface area contributed by atoms with Gasteiger partial charge in [0, 0.05) is 6.20 Å². The summed E-state index contributed by atoms with van der Waals surface area (Å²) < 4.78 is 0. The Hall–Kier alpha value is -0.610. The van der Waals surface area contributed by atoms with Crippen LogP contribution in [0.1, 0.15) is 24.3 Å². The molecular formula is C10H15BrN2O. The van der Waals surface area contributed by atoms with Gasteiger partial charge < -0.3 is 10.4 Å².